The van der Waals surface area contributed by atoms with Gasteiger partial charge in [-0.25, -0.2) is 0 Å². The van der Waals surface area contributed by atoms with Crippen LogP contribution in [0.15, 0.2) is 40.5 Å². The highest BCUT2D eigenvalue weighted by Gasteiger charge is 2.10. The largest absolute Gasteiger partial charge is 0.397 e. The van der Waals surface area contributed by atoms with Crippen LogP contribution >= 0.6 is 23.6 Å². The zero-order valence-electron chi connectivity index (χ0n) is 9.21. The Morgan fingerprint density at radius 1 is 1.28 bits per heavy atom. The lowest BCUT2D eigenvalue weighted by atomic mass is 10.2. The summed E-state index contributed by atoms with van der Waals surface area (Å²) in [4.78, 5) is 15.4. The number of fused-ring (bicyclic) bond motifs is 1. The predicted molar refractivity (Wildman–Crippen MR) is 77.0 cm³/mol. The number of para-hydroxylation sites is 2. The Balaban J connectivity index is 2.47. The highest BCUT2D eigenvalue weighted by Crippen LogP contribution is 2.19. The van der Waals surface area contributed by atoms with E-state index in [4.69, 9.17) is 18.0 Å². The average molecular weight is 275 g/mol. The Bertz CT molecular complexity index is 844. The van der Waals surface area contributed by atoms with E-state index < -0.39 is 0 Å². The van der Waals surface area contributed by atoms with Gasteiger partial charge in [-0.2, -0.15) is 0 Å². The number of nitrogens with two attached hydrogens (primary N) is 1. The Kier molecular flexibility index (Phi) is 2.53. The number of anilines is 1. The molecule has 0 saturated heterocycles. The molecule has 0 radical (unpaired) electrons. The molecule has 90 valence electrons. The molecule has 2 aromatic heterocycles. The SMILES string of the molecule is Nc1ccccc1-n1c(=S)[nH]c2ccsc2c1=O. The molecule has 6 heteroatoms. The molecule has 0 spiro atoms. The summed E-state index contributed by atoms with van der Waals surface area (Å²) in [7, 11) is 0. The lowest BCUT2D eigenvalue weighted by Crippen LogP contribution is -2.20. The van der Waals surface area contributed by atoms with Crippen molar-refractivity contribution in [3.8, 4) is 5.69 Å². The van der Waals surface area contributed by atoms with Crippen LogP contribution in [0.5, 0.6) is 0 Å². The molecule has 0 saturated carbocycles. The third kappa shape index (κ3) is 1.58. The van der Waals surface area contributed by atoms with E-state index in [0.717, 1.165) is 5.52 Å². The minimum atomic E-state index is -0.137. The van der Waals surface area contributed by atoms with Gasteiger partial charge in [0.05, 0.1) is 16.9 Å². The molecule has 4 nitrogen and oxygen atoms in total. The molecule has 0 atom stereocenters. The first-order valence-electron chi connectivity index (χ1n) is 5.26. The highest BCUT2D eigenvalue weighted by molar-refractivity contribution is 7.71. The van der Waals surface area contributed by atoms with E-state index in [1.165, 1.54) is 15.9 Å². The molecule has 3 N–H and O–H groups in total. The van der Waals surface area contributed by atoms with Gasteiger partial charge in [0.25, 0.3) is 5.56 Å². The second-order valence-corrected chi connectivity index (χ2v) is 5.10. The number of aromatic nitrogens is 2. The lowest BCUT2D eigenvalue weighted by Gasteiger charge is -2.08. The van der Waals surface area contributed by atoms with E-state index in [1.54, 1.807) is 12.1 Å². The van der Waals surface area contributed by atoms with Gasteiger partial charge in [-0.1, -0.05) is 12.1 Å². The van der Waals surface area contributed by atoms with Gasteiger partial charge in [0.15, 0.2) is 4.77 Å². The second kappa shape index (κ2) is 4.08. The van der Waals surface area contributed by atoms with E-state index in [9.17, 15) is 4.79 Å². The molecule has 1 aromatic carbocycles. The van der Waals surface area contributed by atoms with Crippen LogP contribution in [0.3, 0.4) is 0 Å². The van der Waals surface area contributed by atoms with Crippen molar-refractivity contribution >= 4 is 39.5 Å². The van der Waals surface area contributed by atoms with Crippen LogP contribution in [0, 0.1) is 4.77 Å². The van der Waals surface area contributed by atoms with Gasteiger partial charge in [-0.15, -0.1) is 11.3 Å². The average Bonchev–Trinajstić information content (AvgIpc) is 2.79. The standard InChI is InChI=1S/C12H9N3OS2/c13-7-3-1-2-4-9(7)15-11(16)10-8(5-6-18-10)14-12(15)17/h1-6H,13H2,(H,14,17). The van der Waals surface area contributed by atoms with Crippen molar-refractivity contribution < 1.29 is 0 Å². The fourth-order valence-electron chi connectivity index (χ4n) is 1.85. The predicted octanol–water partition coefficient (Wildman–Crippen LogP) is 2.69. The van der Waals surface area contributed by atoms with Crippen LogP contribution in [-0.4, -0.2) is 9.55 Å². The minimum absolute atomic E-state index is 0.137. The molecular formula is C12H9N3OS2. The molecule has 0 aliphatic heterocycles. The Hall–Kier alpha value is -1.92. The number of thiophene rings is 1. The summed E-state index contributed by atoms with van der Waals surface area (Å²) in [6.45, 7) is 0. The zero-order valence-corrected chi connectivity index (χ0v) is 10.8. The summed E-state index contributed by atoms with van der Waals surface area (Å²) in [6.07, 6.45) is 0. The quantitative estimate of drug-likeness (QED) is 0.530. The first-order chi connectivity index (χ1) is 8.68. The van der Waals surface area contributed by atoms with E-state index in [1.807, 2.05) is 23.6 Å². The fraction of sp³-hybridized carbons (Fsp3) is 0. The van der Waals surface area contributed by atoms with Crippen molar-refractivity contribution in [3.05, 3.63) is 50.8 Å². The maximum absolute atomic E-state index is 12.4. The number of benzene rings is 1. The number of aromatic amines is 1. The van der Waals surface area contributed by atoms with Crippen LogP contribution in [0.4, 0.5) is 5.69 Å². The maximum atomic E-state index is 12.4. The lowest BCUT2D eigenvalue weighted by molar-refractivity contribution is 0.946. The van der Waals surface area contributed by atoms with Gasteiger partial charge in [0, 0.05) is 0 Å². The summed E-state index contributed by atoms with van der Waals surface area (Å²) >= 11 is 6.62. The molecule has 2 heterocycles. The van der Waals surface area contributed by atoms with Crippen molar-refractivity contribution in [2.45, 2.75) is 0 Å². The van der Waals surface area contributed by atoms with Gasteiger partial charge in [0.2, 0.25) is 0 Å². The van der Waals surface area contributed by atoms with E-state index >= 15 is 0 Å². The van der Waals surface area contributed by atoms with Crippen molar-refractivity contribution in [2.24, 2.45) is 0 Å². The normalized spacial score (nSPS) is 10.9. The number of nitrogen functional groups attached to an aromatic ring is 1. The third-order valence-corrected chi connectivity index (χ3v) is 3.87. The van der Waals surface area contributed by atoms with Crippen molar-refractivity contribution in [2.75, 3.05) is 5.73 Å². The topological polar surface area (TPSA) is 63.8 Å². The molecule has 3 aromatic rings. The smallest absolute Gasteiger partial charge is 0.276 e. The number of H-pyrrole nitrogens is 1. The number of rotatable bonds is 1. The van der Waals surface area contributed by atoms with Gasteiger partial charge in [0.1, 0.15) is 4.70 Å². The molecule has 18 heavy (non-hydrogen) atoms. The summed E-state index contributed by atoms with van der Waals surface area (Å²) in [5.41, 5.74) is 7.65. The summed E-state index contributed by atoms with van der Waals surface area (Å²) in [5.74, 6) is 0. The van der Waals surface area contributed by atoms with Crippen LogP contribution < -0.4 is 11.3 Å². The molecular weight excluding hydrogens is 266 g/mol. The van der Waals surface area contributed by atoms with E-state index in [0.29, 0.717) is 20.8 Å². The van der Waals surface area contributed by atoms with Crippen LogP contribution in [0.2, 0.25) is 0 Å². The second-order valence-electron chi connectivity index (χ2n) is 3.79. The van der Waals surface area contributed by atoms with Gasteiger partial charge < -0.3 is 10.7 Å². The van der Waals surface area contributed by atoms with Crippen molar-refractivity contribution in [3.63, 3.8) is 0 Å². The number of hydrogen-bond donors (Lipinski definition) is 2. The number of nitrogens with zero attached hydrogens (tertiary/aromatic N) is 1. The fourth-order valence-corrected chi connectivity index (χ4v) is 2.92. The van der Waals surface area contributed by atoms with Crippen LogP contribution in [-0.2, 0) is 0 Å². The molecule has 3 rings (SSSR count). The molecule has 0 fully saturated rings. The minimum Gasteiger partial charge on any atom is -0.397 e. The monoisotopic (exact) mass is 275 g/mol. The third-order valence-electron chi connectivity index (χ3n) is 2.68. The first kappa shape index (κ1) is 11.2. The highest BCUT2D eigenvalue weighted by atomic mass is 32.1. The van der Waals surface area contributed by atoms with E-state index in [-0.39, 0.29) is 5.56 Å². The van der Waals surface area contributed by atoms with E-state index in [2.05, 4.69) is 4.98 Å². The van der Waals surface area contributed by atoms with Gasteiger partial charge >= 0.3 is 0 Å². The summed E-state index contributed by atoms with van der Waals surface area (Å²) in [5, 5.41) is 1.86. The molecule has 0 aliphatic rings. The zero-order chi connectivity index (χ0) is 12.7. The summed E-state index contributed by atoms with van der Waals surface area (Å²) < 4.78 is 2.43. The summed E-state index contributed by atoms with van der Waals surface area (Å²) in [6, 6.07) is 9.01. The van der Waals surface area contributed by atoms with Crippen LogP contribution in [0.25, 0.3) is 15.9 Å². The van der Waals surface area contributed by atoms with Gasteiger partial charge in [-0.05, 0) is 35.8 Å². The van der Waals surface area contributed by atoms with Crippen molar-refractivity contribution in [1.29, 1.82) is 0 Å². The first-order valence-corrected chi connectivity index (χ1v) is 6.54. The van der Waals surface area contributed by atoms with Crippen LogP contribution in [0.1, 0.15) is 0 Å². The van der Waals surface area contributed by atoms with Crippen molar-refractivity contribution in [1.82, 2.24) is 9.55 Å². The molecule has 0 bridgehead atoms. The maximum Gasteiger partial charge on any atom is 0.276 e. The Morgan fingerprint density at radius 3 is 2.83 bits per heavy atom. The Labute approximate surface area is 111 Å². The molecule has 0 amide bonds. The molecule has 0 aliphatic carbocycles. The van der Waals surface area contributed by atoms with Gasteiger partial charge in [-0.3, -0.25) is 9.36 Å². The Morgan fingerprint density at radius 2 is 2.06 bits per heavy atom. The number of hydrogen-bond acceptors (Lipinski definition) is 4. The molecule has 0 unspecified atom stereocenters. The number of nitrogens with one attached hydrogen (secondary N) is 1.